The molecular formula is C36H47FN2O2S6. The average Bonchev–Trinajstić information content (AvgIpc) is 3.79. The Hall–Kier alpha value is -1.37. The molecule has 2 aromatic rings. The average molecular weight is 751 g/mol. The van der Waals surface area contributed by atoms with E-state index in [4.69, 9.17) is 24.4 Å². The maximum atomic E-state index is 15.1. The number of hydrogen-bond acceptors (Lipinski definition) is 8. The summed E-state index contributed by atoms with van der Waals surface area (Å²) in [4.78, 5) is 33.7. The number of hydrogen-bond donors (Lipinski definition) is 0. The molecule has 2 aromatic heterocycles. The molecule has 0 bridgehead atoms. The molecule has 4 nitrogen and oxygen atoms in total. The van der Waals surface area contributed by atoms with E-state index in [1.54, 1.807) is 15.9 Å². The number of amides is 2. The molecule has 0 atom stereocenters. The van der Waals surface area contributed by atoms with Crippen molar-refractivity contribution in [2.45, 2.75) is 117 Å². The number of nitrogens with zero attached hydrogens (tertiary/aromatic N) is 2. The summed E-state index contributed by atoms with van der Waals surface area (Å²) >= 11 is 16.5. The van der Waals surface area contributed by atoms with Gasteiger partial charge in [0.15, 0.2) is 0 Å². The van der Waals surface area contributed by atoms with E-state index < -0.39 is 0 Å². The van der Waals surface area contributed by atoms with Crippen molar-refractivity contribution in [2.75, 3.05) is 13.1 Å². The SMILES string of the molecule is CCCCCCCCCCN1C(=O)/C(=C/c2ccc(-c3sc(/C=C4\SC(=S)N(CCCCCCCCCC)C4=O)cc3F)s2)SC1=S. The van der Waals surface area contributed by atoms with Crippen molar-refractivity contribution in [3.8, 4) is 9.75 Å². The second-order valence-corrected chi connectivity index (χ2v) is 17.7. The quantitative estimate of drug-likeness (QED) is 0.0719. The molecule has 2 saturated heterocycles. The summed E-state index contributed by atoms with van der Waals surface area (Å²) in [7, 11) is 0. The molecule has 0 saturated carbocycles. The molecule has 47 heavy (non-hydrogen) atoms. The Morgan fingerprint density at radius 1 is 0.638 bits per heavy atom. The summed E-state index contributed by atoms with van der Waals surface area (Å²) in [5.41, 5.74) is 0. The second kappa shape index (κ2) is 20.3. The summed E-state index contributed by atoms with van der Waals surface area (Å²) in [6, 6.07) is 5.29. The molecular weight excluding hydrogens is 704 g/mol. The van der Waals surface area contributed by atoms with Crippen molar-refractivity contribution in [1.82, 2.24) is 9.80 Å². The lowest BCUT2D eigenvalue weighted by Crippen LogP contribution is -2.28. The number of carbonyl (C=O) groups excluding carboxylic acids is 2. The smallest absolute Gasteiger partial charge is 0.266 e. The summed E-state index contributed by atoms with van der Waals surface area (Å²) in [6.07, 6.45) is 22.9. The number of thioether (sulfide) groups is 2. The van der Waals surface area contributed by atoms with Crippen molar-refractivity contribution in [3.63, 3.8) is 0 Å². The van der Waals surface area contributed by atoms with Gasteiger partial charge in [-0.05, 0) is 43.2 Å². The van der Waals surface area contributed by atoms with Crippen molar-refractivity contribution in [1.29, 1.82) is 0 Å². The molecule has 2 aliphatic heterocycles. The topological polar surface area (TPSA) is 40.6 Å². The van der Waals surface area contributed by atoms with Crippen LogP contribution in [-0.4, -0.2) is 43.3 Å². The first kappa shape index (κ1) is 38.4. The van der Waals surface area contributed by atoms with E-state index in [1.807, 2.05) is 18.2 Å². The molecule has 4 heterocycles. The van der Waals surface area contributed by atoms with Gasteiger partial charge in [0, 0.05) is 27.7 Å². The third kappa shape index (κ3) is 11.6. The van der Waals surface area contributed by atoms with Crippen molar-refractivity contribution in [2.24, 2.45) is 0 Å². The highest BCUT2D eigenvalue weighted by Crippen LogP contribution is 2.41. The molecule has 2 aliphatic rings. The lowest BCUT2D eigenvalue weighted by Gasteiger charge is -2.14. The summed E-state index contributed by atoms with van der Waals surface area (Å²) in [5.74, 6) is -0.445. The Kier molecular flexibility index (Phi) is 16.6. The molecule has 256 valence electrons. The van der Waals surface area contributed by atoms with Gasteiger partial charge in [-0.3, -0.25) is 19.4 Å². The zero-order chi connectivity index (χ0) is 33.6. The van der Waals surface area contributed by atoms with Gasteiger partial charge in [-0.1, -0.05) is 152 Å². The normalized spacial score (nSPS) is 17.1. The lowest BCUT2D eigenvalue weighted by atomic mass is 10.1. The summed E-state index contributed by atoms with van der Waals surface area (Å²) < 4.78 is 16.3. The predicted molar refractivity (Wildman–Crippen MR) is 213 cm³/mol. The van der Waals surface area contributed by atoms with E-state index in [-0.39, 0.29) is 17.6 Å². The number of carbonyl (C=O) groups is 2. The van der Waals surface area contributed by atoms with E-state index in [2.05, 4.69) is 13.8 Å². The third-order valence-corrected chi connectivity index (χ3v) is 13.3. The molecule has 0 unspecified atom stereocenters. The van der Waals surface area contributed by atoms with E-state index in [0.717, 1.165) is 35.4 Å². The third-order valence-electron chi connectivity index (χ3n) is 8.32. The minimum absolute atomic E-state index is 0.0396. The van der Waals surface area contributed by atoms with Gasteiger partial charge in [0.25, 0.3) is 11.8 Å². The predicted octanol–water partition coefficient (Wildman–Crippen LogP) is 12.3. The number of halogens is 1. The minimum Gasteiger partial charge on any atom is -0.293 e. The second-order valence-electron chi connectivity index (χ2n) is 12.1. The van der Waals surface area contributed by atoms with Crippen LogP contribution in [0.1, 0.15) is 126 Å². The maximum absolute atomic E-state index is 15.1. The van der Waals surface area contributed by atoms with Gasteiger partial charge in [0.1, 0.15) is 14.5 Å². The number of thiocarbonyl (C=S) groups is 2. The summed E-state index contributed by atoms with van der Waals surface area (Å²) in [5, 5.41) is 0. The molecule has 4 rings (SSSR count). The van der Waals surface area contributed by atoms with Crippen LogP contribution in [-0.2, 0) is 9.59 Å². The number of unbranched alkanes of at least 4 members (excludes halogenated alkanes) is 14. The van der Waals surface area contributed by atoms with Gasteiger partial charge in [0.05, 0.1) is 14.7 Å². The first-order chi connectivity index (χ1) is 22.8. The van der Waals surface area contributed by atoms with Crippen molar-refractivity contribution >= 4 is 103 Å². The van der Waals surface area contributed by atoms with Crippen LogP contribution in [0.25, 0.3) is 21.9 Å². The Bertz CT molecular complexity index is 1440. The largest absolute Gasteiger partial charge is 0.293 e. The Morgan fingerprint density at radius 2 is 1.09 bits per heavy atom. The minimum atomic E-state index is -0.319. The zero-order valence-corrected chi connectivity index (χ0v) is 32.6. The van der Waals surface area contributed by atoms with E-state index in [9.17, 15) is 9.59 Å². The zero-order valence-electron chi connectivity index (χ0n) is 27.7. The fourth-order valence-electron chi connectivity index (χ4n) is 5.63. The molecule has 0 aliphatic carbocycles. The van der Waals surface area contributed by atoms with E-state index >= 15 is 4.39 Å². The van der Waals surface area contributed by atoms with Crippen LogP contribution < -0.4 is 0 Å². The van der Waals surface area contributed by atoms with Gasteiger partial charge in [-0.15, -0.1) is 22.7 Å². The standard InChI is InChI=1S/C36H47FN2O2S6/c1-3-5-7-9-11-13-15-17-21-38-33(40)30(46-35(38)42)24-26-19-20-29(44-26)32-28(37)23-27(45-32)25-31-34(41)39(36(43)47-31)22-18-16-14-12-10-8-6-4-2/h19-20,23-25H,3-18,21-22H2,1-2H3/b30-24-,31-25-. The monoisotopic (exact) mass is 750 g/mol. The van der Waals surface area contributed by atoms with Gasteiger partial charge in [-0.25, -0.2) is 4.39 Å². The van der Waals surface area contributed by atoms with Gasteiger partial charge in [0.2, 0.25) is 0 Å². The van der Waals surface area contributed by atoms with Gasteiger partial charge >= 0.3 is 0 Å². The highest BCUT2D eigenvalue weighted by Gasteiger charge is 2.33. The van der Waals surface area contributed by atoms with Gasteiger partial charge in [-0.2, -0.15) is 0 Å². The molecule has 2 fully saturated rings. The van der Waals surface area contributed by atoms with Crippen LogP contribution >= 0.6 is 70.6 Å². The van der Waals surface area contributed by atoms with Crippen LogP contribution in [0.2, 0.25) is 0 Å². The van der Waals surface area contributed by atoms with E-state index in [1.165, 1.54) is 129 Å². The van der Waals surface area contributed by atoms with Crippen molar-refractivity contribution in [3.05, 3.63) is 43.6 Å². The molecule has 2 amide bonds. The Balaban J connectivity index is 1.28. The molecule has 0 spiro atoms. The van der Waals surface area contributed by atoms with Crippen LogP contribution in [0, 0.1) is 5.82 Å². The number of rotatable bonds is 21. The highest BCUT2D eigenvalue weighted by atomic mass is 32.2. The molecule has 11 heteroatoms. The molecule has 0 radical (unpaired) electrons. The summed E-state index contributed by atoms with van der Waals surface area (Å²) in [6.45, 7) is 5.75. The fraction of sp³-hybridized carbons (Fsp3) is 0.556. The van der Waals surface area contributed by atoms with Gasteiger partial charge < -0.3 is 0 Å². The van der Waals surface area contributed by atoms with Crippen LogP contribution in [0.3, 0.4) is 0 Å². The Morgan fingerprint density at radius 3 is 1.57 bits per heavy atom. The van der Waals surface area contributed by atoms with Crippen LogP contribution in [0.15, 0.2) is 28.0 Å². The Labute approximate surface area is 308 Å². The van der Waals surface area contributed by atoms with Crippen LogP contribution in [0.5, 0.6) is 0 Å². The number of thiophene rings is 2. The van der Waals surface area contributed by atoms with Crippen LogP contribution in [0.4, 0.5) is 4.39 Å². The maximum Gasteiger partial charge on any atom is 0.266 e. The molecule has 0 aromatic carbocycles. The fourth-order valence-corrected chi connectivity index (χ4v) is 10.4. The molecule has 0 N–H and O–H groups in total. The first-order valence-electron chi connectivity index (χ1n) is 17.2. The lowest BCUT2D eigenvalue weighted by molar-refractivity contribution is -0.123. The first-order valence-corrected chi connectivity index (χ1v) is 21.3. The van der Waals surface area contributed by atoms with Crippen molar-refractivity contribution < 1.29 is 14.0 Å². The highest BCUT2D eigenvalue weighted by molar-refractivity contribution is 8.27. The van der Waals surface area contributed by atoms with E-state index in [0.29, 0.717) is 41.3 Å².